The topological polar surface area (TPSA) is 67.4 Å². The minimum Gasteiger partial charge on any atom is -0.493 e. The fourth-order valence-corrected chi connectivity index (χ4v) is 3.70. The van der Waals surface area contributed by atoms with Gasteiger partial charge in [0.25, 0.3) is 0 Å². The molecule has 0 unspecified atom stereocenters. The molecule has 0 saturated heterocycles. The lowest BCUT2D eigenvalue weighted by Gasteiger charge is -2.19. The molecule has 1 aliphatic carbocycles. The van der Waals surface area contributed by atoms with Gasteiger partial charge in [-0.15, -0.1) is 0 Å². The minimum absolute atomic E-state index is 0.0422. The van der Waals surface area contributed by atoms with Crippen molar-refractivity contribution in [2.24, 2.45) is 11.8 Å². The number of carbonyl (C=O) groups is 2. The highest BCUT2D eigenvalue weighted by atomic mass is 19.1. The van der Waals surface area contributed by atoms with E-state index in [4.69, 9.17) is 4.74 Å². The van der Waals surface area contributed by atoms with Crippen LogP contribution >= 0.6 is 0 Å². The Bertz CT molecular complexity index is 860. The van der Waals surface area contributed by atoms with Crippen LogP contribution in [0.4, 0.5) is 8.78 Å². The summed E-state index contributed by atoms with van der Waals surface area (Å²) in [5, 5.41) is 5.54. The van der Waals surface area contributed by atoms with Crippen LogP contribution < -0.4 is 15.4 Å². The highest BCUT2D eigenvalue weighted by Gasteiger charge is 2.39. The number of para-hydroxylation sites is 1. The Morgan fingerprint density at radius 1 is 1.10 bits per heavy atom. The second-order valence-electron chi connectivity index (χ2n) is 7.33. The molecule has 1 fully saturated rings. The van der Waals surface area contributed by atoms with E-state index in [9.17, 15) is 18.4 Å². The Morgan fingerprint density at radius 2 is 1.86 bits per heavy atom. The molecule has 5 nitrogen and oxygen atoms in total. The zero-order chi connectivity index (χ0) is 20.8. The van der Waals surface area contributed by atoms with Crippen molar-refractivity contribution >= 4 is 11.8 Å². The number of ether oxygens (including phenoxy) is 1. The van der Waals surface area contributed by atoms with Gasteiger partial charge in [0, 0.05) is 31.1 Å². The van der Waals surface area contributed by atoms with E-state index in [0.29, 0.717) is 19.4 Å². The lowest BCUT2D eigenvalue weighted by molar-refractivity contribution is -0.126. The first-order valence-electron chi connectivity index (χ1n) is 9.59. The van der Waals surface area contributed by atoms with Crippen LogP contribution in [-0.4, -0.2) is 24.5 Å². The van der Waals surface area contributed by atoms with Crippen molar-refractivity contribution in [1.82, 2.24) is 10.6 Å². The standard InChI is InChI=1S/C22H24F2N2O3/c1-14(27)26-21-10-15(13-29-18-5-3-2-4-6-18)9-19(21)22(28)25-12-16-7-8-17(23)11-20(16)24/h2-8,11,15,19,21H,9-10,12-13H2,1H3,(H,25,28)(H,26,27)/t15-,19-,21-/m1/s1. The van der Waals surface area contributed by atoms with E-state index < -0.39 is 17.6 Å². The van der Waals surface area contributed by atoms with Gasteiger partial charge in [0.05, 0.1) is 12.5 Å². The van der Waals surface area contributed by atoms with Gasteiger partial charge < -0.3 is 15.4 Å². The smallest absolute Gasteiger partial charge is 0.225 e. The first-order chi connectivity index (χ1) is 13.9. The Balaban J connectivity index is 1.59. The van der Waals surface area contributed by atoms with Crippen molar-refractivity contribution in [1.29, 1.82) is 0 Å². The molecule has 3 rings (SSSR count). The first kappa shape index (κ1) is 20.8. The molecule has 0 radical (unpaired) electrons. The van der Waals surface area contributed by atoms with Gasteiger partial charge in [-0.05, 0) is 37.0 Å². The molecule has 0 bridgehead atoms. The van der Waals surface area contributed by atoms with Crippen LogP contribution in [0.2, 0.25) is 0 Å². The molecular formula is C22H24F2N2O3. The lowest BCUT2D eigenvalue weighted by atomic mass is 10.0. The van der Waals surface area contributed by atoms with Gasteiger partial charge in [0.2, 0.25) is 11.8 Å². The maximum atomic E-state index is 13.8. The van der Waals surface area contributed by atoms with Crippen LogP contribution in [0.1, 0.15) is 25.3 Å². The molecule has 154 valence electrons. The second kappa shape index (κ2) is 9.49. The third-order valence-corrected chi connectivity index (χ3v) is 5.08. The highest BCUT2D eigenvalue weighted by molar-refractivity contribution is 5.81. The lowest BCUT2D eigenvalue weighted by Crippen LogP contribution is -2.43. The summed E-state index contributed by atoms with van der Waals surface area (Å²) in [6.45, 7) is 1.81. The molecule has 2 amide bonds. The van der Waals surface area contributed by atoms with Crippen LogP contribution in [0.5, 0.6) is 5.75 Å². The van der Waals surface area contributed by atoms with Crippen molar-refractivity contribution in [3.63, 3.8) is 0 Å². The van der Waals surface area contributed by atoms with Crippen LogP contribution in [0.15, 0.2) is 48.5 Å². The summed E-state index contributed by atoms with van der Waals surface area (Å²) >= 11 is 0. The largest absolute Gasteiger partial charge is 0.493 e. The van der Waals surface area contributed by atoms with E-state index in [2.05, 4.69) is 10.6 Å². The fourth-order valence-electron chi connectivity index (χ4n) is 3.70. The van der Waals surface area contributed by atoms with E-state index in [1.54, 1.807) is 0 Å². The average molecular weight is 402 g/mol. The Labute approximate surface area is 168 Å². The van der Waals surface area contributed by atoms with Crippen LogP contribution in [0.3, 0.4) is 0 Å². The fraction of sp³-hybridized carbons (Fsp3) is 0.364. The van der Waals surface area contributed by atoms with Gasteiger partial charge in [-0.25, -0.2) is 8.78 Å². The van der Waals surface area contributed by atoms with E-state index >= 15 is 0 Å². The second-order valence-corrected chi connectivity index (χ2v) is 7.33. The monoisotopic (exact) mass is 402 g/mol. The molecule has 2 aromatic carbocycles. The molecule has 29 heavy (non-hydrogen) atoms. The summed E-state index contributed by atoms with van der Waals surface area (Å²) < 4.78 is 32.6. The molecule has 1 saturated carbocycles. The Kier molecular flexibility index (Phi) is 6.80. The Hall–Kier alpha value is -2.96. The summed E-state index contributed by atoms with van der Waals surface area (Å²) in [5.41, 5.74) is 0.206. The number of amides is 2. The molecule has 3 atom stereocenters. The Morgan fingerprint density at radius 3 is 2.55 bits per heavy atom. The number of hydrogen-bond acceptors (Lipinski definition) is 3. The number of carbonyl (C=O) groups excluding carboxylic acids is 2. The predicted octanol–water partition coefficient (Wildman–Crippen LogP) is 3.19. The molecule has 0 aromatic heterocycles. The summed E-state index contributed by atoms with van der Waals surface area (Å²) in [6.07, 6.45) is 1.17. The number of halogens is 2. The zero-order valence-electron chi connectivity index (χ0n) is 16.2. The van der Waals surface area contributed by atoms with E-state index in [0.717, 1.165) is 17.9 Å². The van der Waals surface area contributed by atoms with Gasteiger partial charge in [-0.1, -0.05) is 24.3 Å². The predicted molar refractivity (Wildman–Crippen MR) is 104 cm³/mol. The van der Waals surface area contributed by atoms with Gasteiger partial charge >= 0.3 is 0 Å². The number of nitrogens with one attached hydrogen (secondary N) is 2. The number of hydrogen-bond donors (Lipinski definition) is 2. The quantitative estimate of drug-likeness (QED) is 0.748. The summed E-state index contributed by atoms with van der Waals surface area (Å²) in [7, 11) is 0. The number of benzene rings is 2. The molecule has 0 spiro atoms. The molecule has 7 heteroatoms. The van der Waals surface area contributed by atoms with Gasteiger partial charge in [0.1, 0.15) is 17.4 Å². The van der Waals surface area contributed by atoms with Gasteiger partial charge in [-0.3, -0.25) is 9.59 Å². The van der Waals surface area contributed by atoms with Crippen molar-refractivity contribution in [3.8, 4) is 5.75 Å². The van der Waals surface area contributed by atoms with E-state index in [-0.39, 0.29) is 35.9 Å². The van der Waals surface area contributed by atoms with Crippen molar-refractivity contribution in [2.75, 3.05) is 6.61 Å². The van der Waals surface area contributed by atoms with E-state index in [1.165, 1.54) is 13.0 Å². The maximum absolute atomic E-state index is 13.8. The van der Waals surface area contributed by atoms with Crippen LogP contribution in [-0.2, 0) is 16.1 Å². The zero-order valence-corrected chi connectivity index (χ0v) is 16.2. The maximum Gasteiger partial charge on any atom is 0.225 e. The molecule has 0 aliphatic heterocycles. The van der Waals surface area contributed by atoms with E-state index in [1.807, 2.05) is 30.3 Å². The van der Waals surface area contributed by atoms with Crippen molar-refractivity contribution in [3.05, 3.63) is 65.7 Å². The average Bonchev–Trinajstić information content (AvgIpc) is 3.08. The summed E-state index contributed by atoms with van der Waals surface area (Å²) in [6, 6.07) is 12.3. The van der Waals surface area contributed by atoms with Gasteiger partial charge in [0.15, 0.2) is 0 Å². The highest BCUT2D eigenvalue weighted by Crippen LogP contribution is 2.32. The van der Waals surface area contributed by atoms with Crippen LogP contribution in [0.25, 0.3) is 0 Å². The molecule has 0 heterocycles. The molecular weight excluding hydrogens is 378 g/mol. The van der Waals surface area contributed by atoms with Crippen molar-refractivity contribution < 1.29 is 23.1 Å². The summed E-state index contributed by atoms with van der Waals surface area (Å²) in [4.78, 5) is 24.3. The molecule has 2 N–H and O–H groups in total. The third kappa shape index (κ3) is 5.76. The first-order valence-corrected chi connectivity index (χ1v) is 9.59. The molecule has 2 aromatic rings. The molecule has 1 aliphatic rings. The SMILES string of the molecule is CC(=O)N[C@@H]1C[C@H](COc2ccccc2)C[C@H]1C(=O)NCc1ccc(F)cc1F. The van der Waals surface area contributed by atoms with Crippen LogP contribution in [0, 0.1) is 23.5 Å². The minimum atomic E-state index is -0.704. The van der Waals surface area contributed by atoms with Crippen molar-refractivity contribution in [2.45, 2.75) is 32.4 Å². The normalized spacial score (nSPS) is 20.9. The summed E-state index contributed by atoms with van der Waals surface area (Å²) in [5.74, 6) is -1.43. The number of rotatable bonds is 7. The van der Waals surface area contributed by atoms with Gasteiger partial charge in [-0.2, -0.15) is 0 Å². The third-order valence-electron chi connectivity index (χ3n) is 5.08.